The third kappa shape index (κ3) is 1.84. The second-order valence-electron chi connectivity index (χ2n) is 4.37. The van der Waals surface area contributed by atoms with E-state index in [1.807, 2.05) is 6.07 Å². The molecule has 2 rings (SSSR count). The van der Waals surface area contributed by atoms with Gasteiger partial charge in [0, 0.05) is 16.8 Å². The number of nitrogens with two attached hydrogens (primary N) is 1. The van der Waals surface area contributed by atoms with E-state index in [0.717, 1.165) is 23.6 Å². The molecule has 0 saturated heterocycles. The number of anilines is 1. The Morgan fingerprint density at radius 1 is 1.60 bits per heavy atom. The van der Waals surface area contributed by atoms with Gasteiger partial charge < -0.3 is 11.1 Å². The van der Waals surface area contributed by atoms with Crippen LogP contribution in [0, 0.1) is 12.8 Å². The van der Waals surface area contributed by atoms with Gasteiger partial charge in [-0.2, -0.15) is 0 Å². The third-order valence-corrected chi connectivity index (χ3v) is 3.72. The Hall–Kier alpha value is -0.730. The molecule has 1 aromatic carbocycles. The molecule has 0 aliphatic carbocycles. The molecule has 2 nitrogen and oxygen atoms in total. The number of fused-ring (bicyclic) bond motifs is 1. The molecule has 0 aromatic heterocycles. The number of hydrogen-bond donors (Lipinski definition) is 2. The van der Waals surface area contributed by atoms with Crippen LogP contribution in [0.25, 0.3) is 0 Å². The van der Waals surface area contributed by atoms with Crippen molar-refractivity contribution in [2.75, 3.05) is 11.9 Å². The van der Waals surface area contributed by atoms with Crippen molar-refractivity contribution in [1.82, 2.24) is 0 Å². The number of nitrogens with one attached hydrogen (secondary N) is 1. The second kappa shape index (κ2) is 4.03. The fourth-order valence-electron chi connectivity index (χ4n) is 2.09. The topological polar surface area (TPSA) is 38.0 Å². The van der Waals surface area contributed by atoms with Crippen LogP contribution in [0.4, 0.5) is 5.69 Å². The first-order valence-corrected chi connectivity index (χ1v) is 5.76. The molecule has 3 N–H and O–H groups in total. The lowest BCUT2D eigenvalue weighted by molar-refractivity contribution is 0.503. The molecule has 1 aliphatic rings. The van der Waals surface area contributed by atoms with Gasteiger partial charge in [0.25, 0.3) is 0 Å². The van der Waals surface area contributed by atoms with Crippen molar-refractivity contribution in [2.45, 2.75) is 26.3 Å². The maximum atomic E-state index is 6.09. The van der Waals surface area contributed by atoms with Crippen molar-refractivity contribution < 1.29 is 0 Å². The van der Waals surface area contributed by atoms with Crippen LogP contribution < -0.4 is 11.1 Å². The Morgan fingerprint density at radius 3 is 3.00 bits per heavy atom. The molecule has 3 heteroatoms. The standard InChI is InChI=1S/C12H17ClN2/c1-7(6-14)11-5-9-3-4-10(13)8(2)12(9)15-11/h3-4,7,11,15H,5-6,14H2,1-2H3. The number of hydrogen-bond acceptors (Lipinski definition) is 2. The van der Waals surface area contributed by atoms with Gasteiger partial charge in [-0.3, -0.25) is 0 Å². The molecular formula is C12H17ClN2. The highest BCUT2D eigenvalue weighted by atomic mass is 35.5. The minimum atomic E-state index is 0.460. The highest BCUT2D eigenvalue weighted by Gasteiger charge is 2.26. The maximum absolute atomic E-state index is 6.09. The zero-order chi connectivity index (χ0) is 11.0. The molecule has 0 fully saturated rings. The highest BCUT2D eigenvalue weighted by Crippen LogP contribution is 2.35. The molecule has 15 heavy (non-hydrogen) atoms. The summed E-state index contributed by atoms with van der Waals surface area (Å²) in [6, 6.07) is 4.55. The Bertz CT molecular complexity index is 376. The van der Waals surface area contributed by atoms with E-state index in [4.69, 9.17) is 17.3 Å². The van der Waals surface area contributed by atoms with Crippen molar-refractivity contribution in [1.29, 1.82) is 0 Å². The molecule has 0 amide bonds. The Morgan fingerprint density at radius 2 is 2.33 bits per heavy atom. The zero-order valence-electron chi connectivity index (χ0n) is 9.18. The van der Waals surface area contributed by atoms with Gasteiger partial charge in [-0.05, 0) is 43.0 Å². The van der Waals surface area contributed by atoms with Gasteiger partial charge in [0.15, 0.2) is 0 Å². The smallest absolute Gasteiger partial charge is 0.0455 e. The lowest BCUT2D eigenvalue weighted by atomic mass is 9.99. The van der Waals surface area contributed by atoms with E-state index >= 15 is 0 Å². The summed E-state index contributed by atoms with van der Waals surface area (Å²) in [6.45, 7) is 4.96. The number of rotatable bonds is 2. The van der Waals surface area contributed by atoms with Crippen LogP contribution >= 0.6 is 11.6 Å². The van der Waals surface area contributed by atoms with Crippen LogP contribution in [0.5, 0.6) is 0 Å². The van der Waals surface area contributed by atoms with Crippen LogP contribution in [0.1, 0.15) is 18.1 Å². The van der Waals surface area contributed by atoms with Gasteiger partial charge in [0.05, 0.1) is 0 Å². The van der Waals surface area contributed by atoms with Crippen LogP contribution in [0.15, 0.2) is 12.1 Å². The minimum absolute atomic E-state index is 0.460. The van der Waals surface area contributed by atoms with Crippen molar-refractivity contribution in [3.63, 3.8) is 0 Å². The summed E-state index contributed by atoms with van der Waals surface area (Å²) in [5.74, 6) is 0.496. The van der Waals surface area contributed by atoms with Gasteiger partial charge in [-0.15, -0.1) is 0 Å². The Balaban J connectivity index is 2.27. The minimum Gasteiger partial charge on any atom is -0.381 e. The average Bonchev–Trinajstić information content (AvgIpc) is 2.67. The summed E-state index contributed by atoms with van der Waals surface area (Å²) in [5.41, 5.74) is 9.42. The molecule has 82 valence electrons. The summed E-state index contributed by atoms with van der Waals surface area (Å²) >= 11 is 6.09. The highest BCUT2D eigenvalue weighted by molar-refractivity contribution is 6.31. The first-order valence-electron chi connectivity index (χ1n) is 5.38. The van der Waals surface area contributed by atoms with Crippen molar-refractivity contribution >= 4 is 17.3 Å². The number of halogens is 1. The van der Waals surface area contributed by atoms with Gasteiger partial charge >= 0.3 is 0 Å². The van der Waals surface area contributed by atoms with E-state index in [9.17, 15) is 0 Å². The molecule has 1 aliphatic heterocycles. The normalized spacial score (nSPS) is 20.9. The molecule has 0 bridgehead atoms. The summed E-state index contributed by atoms with van der Waals surface area (Å²) < 4.78 is 0. The van der Waals surface area contributed by atoms with E-state index in [-0.39, 0.29) is 0 Å². The van der Waals surface area contributed by atoms with Crippen LogP contribution in [0.2, 0.25) is 5.02 Å². The van der Waals surface area contributed by atoms with E-state index in [1.54, 1.807) is 0 Å². The molecular weight excluding hydrogens is 208 g/mol. The fourth-order valence-corrected chi connectivity index (χ4v) is 2.25. The maximum Gasteiger partial charge on any atom is 0.0455 e. The number of benzene rings is 1. The molecule has 1 aromatic rings. The van der Waals surface area contributed by atoms with E-state index < -0.39 is 0 Å². The summed E-state index contributed by atoms with van der Waals surface area (Å²) in [6.07, 6.45) is 1.06. The lowest BCUT2D eigenvalue weighted by Crippen LogP contribution is -2.30. The summed E-state index contributed by atoms with van der Waals surface area (Å²) in [5, 5.41) is 4.37. The van der Waals surface area contributed by atoms with Crippen LogP contribution in [-0.4, -0.2) is 12.6 Å². The Labute approximate surface area is 95.8 Å². The quantitative estimate of drug-likeness (QED) is 0.811. The first-order chi connectivity index (χ1) is 7.13. The first kappa shape index (κ1) is 10.8. The van der Waals surface area contributed by atoms with Gasteiger partial charge in [0.1, 0.15) is 0 Å². The van der Waals surface area contributed by atoms with E-state index in [2.05, 4.69) is 25.2 Å². The molecule has 2 unspecified atom stereocenters. The molecule has 2 atom stereocenters. The van der Waals surface area contributed by atoms with Gasteiger partial charge in [-0.1, -0.05) is 24.6 Å². The molecule has 0 spiro atoms. The predicted octanol–water partition coefficient (Wildman–Crippen LogP) is 2.58. The average molecular weight is 225 g/mol. The van der Waals surface area contributed by atoms with E-state index in [1.165, 1.54) is 11.3 Å². The van der Waals surface area contributed by atoms with Crippen LogP contribution in [-0.2, 0) is 6.42 Å². The SMILES string of the molecule is Cc1c(Cl)ccc2c1NC(C(C)CN)C2. The fraction of sp³-hybridized carbons (Fsp3) is 0.500. The zero-order valence-corrected chi connectivity index (χ0v) is 9.93. The van der Waals surface area contributed by atoms with Crippen molar-refractivity contribution in [3.8, 4) is 0 Å². The third-order valence-electron chi connectivity index (χ3n) is 3.31. The van der Waals surface area contributed by atoms with Crippen molar-refractivity contribution in [3.05, 3.63) is 28.3 Å². The monoisotopic (exact) mass is 224 g/mol. The lowest BCUT2D eigenvalue weighted by Gasteiger charge is -2.18. The van der Waals surface area contributed by atoms with Crippen LogP contribution in [0.3, 0.4) is 0 Å². The largest absolute Gasteiger partial charge is 0.381 e. The van der Waals surface area contributed by atoms with Crippen molar-refractivity contribution in [2.24, 2.45) is 11.7 Å². The van der Waals surface area contributed by atoms with E-state index in [0.29, 0.717) is 12.0 Å². The van der Waals surface area contributed by atoms with Gasteiger partial charge in [-0.25, -0.2) is 0 Å². The molecule has 0 saturated carbocycles. The Kier molecular flexibility index (Phi) is 2.89. The second-order valence-corrected chi connectivity index (χ2v) is 4.78. The summed E-state index contributed by atoms with van der Waals surface area (Å²) in [4.78, 5) is 0. The van der Waals surface area contributed by atoms with Gasteiger partial charge in [0.2, 0.25) is 0 Å². The molecule has 0 radical (unpaired) electrons. The summed E-state index contributed by atoms with van der Waals surface area (Å²) in [7, 11) is 0. The molecule has 1 heterocycles. The predicted molar refractivity (Wildman–Crippen MR) is 65.5 cm³/mol.